The number of fused-ring (bicyclic) bond motifs is 2. The van der Waals surface area contributed by atoms with Crippen LogP contribution in [0.3, 0.4) is 0 Å². The highest BCUT2D eigenvalue weighted by Gasteiger charge is 2.42. The Bertz CT molecular complexity index is 1170. The van der Waals surface area contributed by atoms with Gasteiger partial charge in [-0.05, 0) is 52.8 Å². The van der Waals surface area contributed by atoms with Crippen LogP contribution in [0.1, 0.15) is 50.9 Å². The molecule has 0 spiro atoms. The molecule has 3 aromatic rings. The van der Waals surface area contributed by atoms with E-state index in [9.17, 15) is 9.59 Å². The van der Waals surface area contributed by atoms with Crippen molar-refractivity contribution in [2.75, 3.05) is 18.5 Å². The Balaban J connectivity index is 1.24. The van der Waals surface area contributed by atoms with Gasteiger partial charge in [0.15, 0.2) is 6.61 Å². The third-order valence-corrected chi connectivity index (χ3v) is 6.82. The van der Waals surface area contributed by atoms with Gasteiger partial charge in [0, 0.05) is 23.9 Å². The molecular formula is C26H22N2O3. The Hall–Kier alpha value is -3.60. The predicted molar refractivity (Wildman–Crippen MR) is 118 cm³/mol. The van der Waals surface area contributed by atoms with Crippen molar-refractivity contribution in [1.82, 2.24) is 5.32 Å². The average molecular weight is 410 g/mol. The van der Waals surface area contributed by atoms with Crippen LogP contribution in [-0.4, -0.2) is 25.0 Å². The molecule has 1 unspecified atom stereocenters. The van der Waals surface area contributed by atoms with Gasteiger partial charge in [-0.2, -0.15) is 0 Å². The van der Waals surface area contributed by atoms with E-state index in [-0.39, 0.29) is 18.4 Å². The number of ether oxygens (including phenoxy) is 1. The molecule has 31 heavy (non-hydrogen) atoms. The standard InChI is InChI=1S/C26H22N2O3/c29-24-14-31-23-10-9-15(12-22(23)28-24)26(30)27-13-16-11-21-17-5-1-3-7-19(17)25(16)20-8-4-2-6-18(20)21/h1-10,12,16,21,25H,11,13-14H2,(H,27,30)(H,28,29). The van der Waals surface area contributed by atoms with Gasteiger partial charge in [0.2, 0.25) is 0 Å². The molecule has 1 aliphatic heterocycles. The lowest BCUT2D eigenvalue weighted by molar-refractivity contribution is -0.118. The van der Waals surface area contributed by atoms with E-state index in [1.165, 1.54) is 22.3 Å². The van der Waals surface area contributed by atoms with Crippen LogP contribution in [0, 0.1) is 5.92 Å². The fourth-order valence-corrected chi connectivity index (χ4v) is 5.51. The summed E-state index contributed by atoms with van der Waals surface area (Å²) in [5.41, 5.74) is 6.71. The monoisotopic (exact) mass is 410 g/mol. The first kappa shape index (κ1) is 18.2. The fraction of sp³-hybridized carbons (Fsp3) is 0.231. The third kappa shape index (κ3) is 2.92. The average Bonchev–Trinajstić information content (AvgIpc) is 2.82. The summed E-state index contributed by atoms with van der Waals surface area (Å²) < 4.78 is 5.38. The predicted octanol–water partition coefficient (Wildman–Crippen LogP) is 4.04. The summed E-state index contributed by atoms with van der Waals surface area (Å²) in [4.78, 5) is 24.5. The quantitative estimate of drug-likeness (QED) is 0.685. The van der Waals surface area contributed by atoms with Crippen molar-refractivity contribution in [3.63, 3.8) is 0 Å². The topological polar surface area (TPSA) is 67.4 Å². The summed E-state index contributed by atoms with van der Waals surface area (Å²) in [6.07, 6.45) is 1.03. The van der Waals surface area contributed by atoms with Crippen molar-refractivity contribution in [2.24, 2.45) is 5.92 Å². The Kier molecular flexibility index (Phi) is 4.10. The molecule has 7 rings (SSSR count). The van der Waals surface area contributed by atoms with E-state index < -0.39 is 0 Å². The minimum Gasteiger partial charge on any atom is -0.482 e. The van der Waals surface area contributed by atoms with E-state index in [1.807, 2.05) is 0 Å². The van der Waals surface area contributed by atoms with Crippen LogP contribution < -0.4 is 15.4 Å². The molecule has 0 fully saturated rings. The van der Waals surface area contributed by atoms with E-state index in [4.69, 9.17) is 4.74 Å². The number of benzene rings is 3. The first-order chi connectivity index (χ1) is 15.2. The largest absolute Gasteiger partial charge is 0.482 e. The van der Waals surface area contributed by atoms with Crippen LogP contribution >= 0.6 is 0 Å². The molecule has 0 saturated carbocycles. The number of hydrogen-bond acceptors (Lipinski definition) is 3. The Morgan fingerprint density at radius 2 is 1.65 bits per heavy atom. The van der Waals surface area contributed by atoms with Crippen molar-refractivity contribution >= 4 is 17.5 Å². The minimum absolute atomic E-state index is 0.00568. The molecule has 0 saturated heterocycles. The zero-order chi connectivity index (χ0) is 20.9. The molecule has 3 aliphatic carbocycles. The molecule has 5 heteroatoms. The number of nitrogens with one attached hydrogen (secondary N) is 2. The SMILES string of the molecule is O=C1COc2ccc(C(=O)NCC3CC4c5ccccc5C3c3ccccc34)cc2N1. The van der Waals surface area contributed by atoms with Gasteiger partial charge >= 0.3 is 0 Å². The maximum absolute atomic E-state index is 12.9. The van der Waals surface area contributed by atoms with E-state index in [0.717, 1.165) is 6.42 Å². The van der Waals surface area contributed by atoms with Gasteiger partial charge in [0.25, 0.3) is 11.8 Å². The van der Waals surface area contributed by atoms with Gasteiger partial charge in [0.05, 0.1) is 5.69 Å². The van der Waals surface area contributed by atoms with Crippen LogP contribution in [0.4, 0.5) is 5.69 Å². The maximum Gasteiger partial charge on any atom is 0.262 e. The molecule has 0 radical (unpaired) electrons. The summed E-state index contributed by atoms with van der Waals surface area (Å²) in [6, 6.07) is 22.6. The lowest BCUT2D eigenvalue weighted by Gasteiger charge is -2.45. The van der Waals surface area contributed by atoms with Gasteiger partial charge in [0.1, 0.15) is 5.75 Å². The molecule has 1 heterocycles. The zero-order valence-corrected chi connectivity index (χ0v) is 16.9. The number of carbonyl (C=O) groups is 2. The second kappa shape index (κ2) is 6.98. The van der Waals surface area contributed by atoms with Crippen LogP contribution in [0.15, 0.2) is 66.7 Å². The number of rotatable bonds is 3. The van der Waals surface area contributed by atoms with Crippen LogP contribution in [0.2, 0.25) is 0 Å². The molecule has 4 aliphatic rings. The smallest absolute Gasteiger partial charge is 0.262 e. The fourth-order valence-electron chi connectivity index (χ4n) is 5.51. The number of amides is 2. The van der Waals surface area contributed by atoms with Crippen molar-refractivity contribution in [3.8, 4) is 5.75 Å². The highest BCUT2D eigenvalue weighted by molar-refractivity contribution is 5.99. The lowest BCUT2D eigenvalue weighted by Crippen LogP contribution is -2.39. The summed E-state index contributed by atoms with van der Waals surface area (Å²) in [6.45, 7) is 0.619. The number of anilines is 1. The second-order valence-corrected chi connectivity index (χ2v) is 8.54. The Morgan fingerprint density at radius 3 is 2.35 bits per heavy atom. The highest BCUT2D eigenvalue weighted by Crippen LogP contribution is 2.55. The minimum atomic E-state index is -0.208. The first-order valence-electron chi connectivity index (χ1n) is 10.7. The summed E-state index contributed by atoms with van der Waals surface area (Å²) in [7, 11) is 0. The third-order valence-electron chi connectivity index (χ3n) is 6.82. The van der Waals surface area contributed by atoms with Crippen molar-refractivity contribution in [2.45, 2.75) is 18.3 Å². The molecule has 5 nitrogen and oxygen atoms in total. The molecule has 0 aromatic heterocycles. The molecule has 154 valence electrons. The molecular weight excluding hydrogens is 388 g/mol. The number of carbonyl (C=O) groups excluding carboxylic acids is 2. The van der Waals surface area contributed by atoms with Crippen molar-refractivity contribution in [1.29, 1.82) is 0 Å². The van der Waals surface area contributed by atoms with E-state index in [0.29, 0.717) is 41.3 Å². The summed E-state index contributed by atoms with van der Waals surface area (Å²) >= 11 is 0. The van der Waals surface area contributed by atoms with Gasteiger partial charge < -0.3 is 15.4 Å². The van der Waals surface area contributed by atoms with Crippen molar-refractivity contribution < 1.29 is 14.3 Å². The molecule has 3 aromatic carbocycles. The van der Waals surface area contributed by atoms with Gasteiger partial charge in [-0.3, -0.25) is 9.59 Å². The van der Waals surface area contributed by atoms with Crippen molar-refractivity contribution in [3.05, 3.63) is 94.5 Å². The van der Waals surface area contributed by atoms with Gasteiger partial charge in [-0.1, -0.05) is 48.5 Å². The zero-order valence-electron chi connectivity index (χ0n) is 16.9. The Morgan fingerprint density at radius 1 is 0.968 bits per heavy atom. The number of hydrogen-bond donors (Lipinski definition) is 2. The van der Waals surface area contributed by atoms with Gasteiger partial charge in [-0.25, -0.2) is 0 Å². The van der Waals surface area contributed by atoms with E-state index in [1.54, 1.807) is 18.2 Å². The van der Waals surface area contributed by atoms with Crippen LogP contribution in [0.25, 0.3) is 0 Å². The molecule has 2 N–H and O–H groups in total. The summed E-state index contributed by atoms with van der Waals surface area (Å²) in [5.74, 6) is 1.28. The van der Waals surface area contributed by atoms with Crippen LogP contribution in [-0.2, 0) is 4.79 Å². The Labute approximate surface area is 180 Å². The summed E-state index contributed by atoms with van der Waals surface area (Å²) in [5, 5.41) is 5.90. The maximum atomic E-state index is 12.9. The highest BCUT2D eigenvalue weighted by atomic mass is 16.5. The van der Waals surface area contributed by atoms with Gasteiger partial charge in [-0.15, -0.1) is 0 Å². The van der Waals surface area contributed by atoms with Crippen LogP contribution in [0.5, 0.6) is 5.75 Å². The molecule has 1 atom stereocenters. The second-order valence-electron chi connectivity index (χ2n) is 8.54. The molecule has 2 amide bonds. The normalized spacial score (nSPS) is 22.5. The molecule has 2 bridgehead atoms. The lowest BCUT2D eigenvalue weighted by atomic mass is 9.59. The van der Waals surface area contributed by atoms with E-state index >= 15 is 0 Å². The first-order valence-corrected chi connectivity index (χ1v) is 10.7. The van der Waals surface area contributed by atoms with E-state index in [2.05, 4.69) is 59.2 Å².